The predicted octanol–water partition coefficient (Wildman–Crippen LogP) is 2.21. The molecule has 0 unspecified atom stereocenters. The standard InChI is InChI=1S/C19H24N2O5S/c1-14-5-10-18(26-3)17(13-14)21(27(4,23)24)12-11-20-19(22)15-6-8-16(25-2)9-7-15/h5-10,13H,11-12H2,1-4H3,(H,20,22). The van der Waals surface area contributed by atoms with Crippen LogP contribution in [0.25, 0.3) is 0 Å². The van der Waals surface area contributed by atoms with Gasteiger partial charge in [0, 0.05) is 12.1 Å². The summed E-state index contributed by atoms with van der Waals surface area (Å²) >= 11 is 0. The SMILES string of the molecule is COc1ccc(C(=O)NCCN(c2cc(C)ccc2OC)S(C)(=O)=O)cc1. The van der Waals surface area contributed by atoms with E-state index in [4.69, 9.17) is 9.47 Å². The molecule has 1 N–H and O–H groups in total. The van der Waals surface area contributed by atoms with Gasteiger partial charge < -0.3 is 14.8 Å². The van der Waals surface area contributed by atoms with Gasteiger partial charge >= 0.3 is 0 Å². The van der Waals surface area contributed by atoms with Crippen LogP contribution >= 0.6 is 0 Å². The summed E-state index contributed by atoms with van der Waals surface area (Å²) in [5, 5.41) is 2.73. The number of nitrogens with zero attached hydrogens (tertiary/aromatic N) is 1. The first-order valence-electron chi connectivity index (χ1n) is 8.31. The lowest BCUT2D eigenvalue weighted by Crippen LogP contribution is -2.38. The second-order valence-corrected chi connectivity index (χ2v) is 7.90. The van der Waals surface area contributed by atoms with Gasteiger partial charge in [0.15, 0.2) is 0 Å². The molecule has 2 aromatic carbocycles. The normalized spacial score (nSPS) is 11.0. The fraction of sp³-hybridized carbons (Fsp3) is 0.316. The summed E-state index contributed by atoms with van der Waals surface area (Å²) in [5.74, 6) is 0.816. The summed E-state index contributed by atoms with van der Waals surface area (Å²) < 4.78 is 36.1. The van der Waals surface area contributed by atoms with Crippen molar-refractivity contribution in [1.82, 2.24) is 5.32 Å². The minimum atomic E-state index is -3.55. The highest BCUT2D eigenvalue weighted by Gasteiger charge is 2.21. The Kier molecular flexibility index (Phi) is 6.68. The van der Waals surface area contributed by atoms with E-state index in [1.54, 1.807) is 43.5 Å². The third-order valence-corrected chi connectivity index (χ3v) is 5.14. The molecule has 7 nitrogen and oxygen atoms in total. The molecule has 0 radical (unpaired) electrons. The number of methoxy groups -OCH3 is 2. The van der Waals surface area contributed by atoms with E-state index in [2.05, 4.69) is 5.32 Å². The fourth-order valence-electron chi connectivity index (χ4n) is 2.58. The Balaban J connectivity index is 2.12. The Morgan fingerprint density at radius 2 is 1.74 bits per heavy atom. The molecule has 0 aliphatic heterocycles. The smallest absolute Gasteiger partial charge is 0.251 e. The Labute approximate surface area is 160 Å². The third kappa shape index (κ3) is 5.37. The van der Waals surface area contributed by atoms with Crippen LogP contribution in [-0.2, 0) is 10.0 Å². The molecule has 0 aliphatic rings. The lowest BCUT2D eigenvalue weighted by atomic mass is 10.2. The van der Waals surface area contributed by atoms with Crippen molar-refractivity contribution in [3.8, 4) is 11.5 Å². The van der Waals surface area contributed by atoms with Gasteiger partial charge in [-0.25, -0.2) is 8.42 Å². The van der Waals surface area contributed by atoms with Crippen molar-refractivity contribution < 1.29 is 22.7 Å². The maximum Gasteiger partial charge on any atom is 0.251 e. The number of carbonyl (C=O) groups excluding carboxylic acids is 1. The van der Waals surface area contributed by atoms with E-state index >= 15 is 0 Å². The Bertz CT molecular complexity index is 895. The molecule has 8 heteroatoms. The second-order valence-electron chi connectivity index (χ2n) is 5.99. The molecule has 2 aromatic rings. The highest BCUT2D eigenvalue weighted by Crippen LogP contribution is 2.30. The van der Waals surface area contributed by atoms with Crippen LogP contribution in [0.5, 0.6) is 11.5 Å². The quantitative estimate of drug-likeness (QED) is 0.745. The average Bonchev–Trinajstić information content (AvgIpc) is 2.64. The van der Waals surface area contributed by atoms with Crippen molar-refractivity contribution in [2.24, 2.45) is 0 Å². The molecule has 1 amide bonds. The van der Waals surface area contributed by atoms with E-state index in [9.17, 15) is 13.2 Å². The molecule has 27 heavy (non-hydrogen) atoms. The minimum absolute atomic E-state index is 0.0839. The van der Waals surface area contributed by atoms with Crippen LogP contribution in [0.1, 0.15) is 15.9 Å². The van der Waals surface area contributed by atoms with E-state index in [0.717, 1.165) is 11.8 Å². The predicted molar refractivity (Wildman–Crippen MR) is 105 cm³/mol. The van der Waals surface area contributed by atoms with Crippen LogP contribution in [0.3, 0.4) is 0 Å². The van der Waals surface area contributed by atoms with E-state index < -0.39 is 10.0 Å². The van der Waals surface area contributed by atoms with Gasteiger partial charge in [0.25, 0.3) is 5.91 Å². The zero-order valence-electron chi connectivity index (χ0n) is 15.9. The van der Waals surface area contributed by atoms with Crippen LogP contribution < -0.4 is 19.1 Å². The van der Waals surface area contributed by atoms with Gasteiger partial charge in [0.2, 0.25) is 10.0 Å². The van der Waals surface area contributed by atoms with Crippen LogP contribution in [-0.4, -0.2) is 47.9 Å². The number of hydrogen-bond acceptors (Lipinski definition) is 5. The van der Waals surface area contributed by atoms with E-state index in [-0.39, 0.29) is 19.0 Å². The number of sulfonamides is 1. The molecule has 2 rings (SSSR count). The van der Waals surface area contributed by atoms with Crippen molar-refractivity contribution >= 4 is 21.6 Å². The van der Waals surface area contributed by atoms with Crippen molar-refractivity contribution in [3.63, 3.8) is 0 Å². The summed E-state index contributed by atoms with van der Waals surface area (Å²) in [5.41, 5.74) is 1.82. The lowest BCUT2D eigenvalue weighted by molar-refractivity contribution is 0.0955. The third-order valence-electron chi connectivity index (χ3n) is 3.96. The number of ether oxygens (including phenoxy) is 2. The molecular formula is C19H24N2O5S. The summed E-state index contributed by atoms with van der Waals surface area (Å²) in [6.07, 6.45) is 1.13. The fourth-order valence-corrected chi connectivity index (χ4v) is 3.50. The van der Waals surface area contributed by atoms with Crippen LogP contribution in [0.2, 0.25) is 0 Å². The Hall–Kier alpha value is -2.74. The molecule has 0 fully saturated rings. The number of nitrogens with one attached hydrogen (secondary N) is 1. The van der Waals surface area contributed by atoms with Gasteiger partial charge in [-0.1, -0.05) is 6.07 Å². The topological polar surface area (TPSA) is 84.9 Å². The summed E-state index contributed by atoms with van der Waals surface area (Å²) in [6, 6.07) is 12.0. The number of benzene rings is 2. The second kappa shape index (κ2) is 8.77. The number of amides is 1. The number of carbonyl (C=O) groups is 1. The van der Waals surface area contributed by atoms with Gasteiger partial charge in [-0.3, -0.25) is 9.10 Å². The van der Waals surface area contributed by atoms with Gasteiger partial charge in [0.1, 0.15) is 11.5 Å². The van der Waals surface area contributed by atoms with Crippen LogP contribution in [0.4, 0.5) is 5.69 Å². The van der Waals surface area contributed by atoms with Crippen LogP contribution in [0.15, 0.2) is 42.5 Å². The molecule has 0 aromatic heterocycles. The zero-order valence-corrected chi connectivity index (χ0v) is 16.7. The highest BCUT2D eigenvalue weighted by molar-refractivity contribution is 7.92. The van der Waals surface area contributed by atoms with Crippen molar-refractivity contribution in [1.29, 1.82) is 0 Å². The average molecular weight is 392 g/mol. The molecule has 0 bridgehead atoms. The van der Waals surface area contributed by atoms with Gasteiger partial charge in [-0.05, 0) is 48.9 Å². The van der Waals surface area contributed by atoms with E-state index in [0.29, 0.717) is 22.7 Å². The number of hydrogen-bond donors (Lipinski definition) is 1. The summed E-state index contributed by atoms with van der Waals surface area (Å²) in [7, 11) is -0.517. The molecule has 146 valence electrons. The maximum atomic E-state index is 12.3. The molecule has 0 saturated heterocycles. The van der Waals surface area contributed by atoms with Crippen LogP contribution in [0, 0.1) is 6.92 Å². The van der Waals surface area contributed by atoms with Gasteiger partial charge in [0.05, 0.1) is 32.7 Å². The molecular weight excluding hydrogens is 368 g/mol. The van der Waals surface area contributed by atoms with E-state index in [1.807, 2.05) is 13.0 Å². The number of rotatable bonds is 8. The molecule has 0 heterocycles. The molecule has 0 atom stereocenters. The van der Waals surface area contributed by atoms with Gasteiger partial charge in [-0.2, -0.15) is 0 Å². The maximum absolute atomic E-state index is 12.3. The monoisotopic (exact) mass is 392 g/mol. The van der Waals surface area contributed by atoms with Crippen molar-refractivity contribution in [2.45, 2.75) is 6.92 Å². The summed E-state index contributed by atoms with van der Waals surface area (Å²) in [4.78, 5) is 12.2. The first kappa shape index (κ1) is 20.6. The van der Waals surface area contributed by atoms with E-state index in [1.165, 1.54) is 11.4 Å². The molecule has 0 saturated carbocycles. The first-order valence-corrected chi connectivity index (χ1v) is 10.2. The van der Waals surface area contributed by atoms with Crippen molar-refractivity contribution in [2.75, 3.05) is 37.9 Å². The molecule has 0 aliphatic carbocycles. The molecule has 0 spiro atoms. The van der Waals surface area contributed by atoms with Crippen molar-refractivity contribution in [3.05, 3.63) is 53.6 Å². The Morgan fingerprint density at radius 3 is 2.30 bits per heavy atom. The lowest BCUT2D eigenvalue weighted by Gasteiger charge is -2.24. The largest absolute Gasteiger partial charge is 0.497 e. The highest BCUT2D eigenvalue weighted by atomic mass is 32.2. The zero-order chi connectivity index (χ0) is 20.0. The minimum Gasteiger partial charge on any atom is -0.497 e. The summed E-state index contributed by atoms with van der Waals surface area (Å²) in [6.45, 7) is 2.10. The Morgan fingerprint density at radius 1 is 1.07 bits per heavy atom. The number of aryl methyl sites for hydroxylation is 1. The first-order chi connectivity index (χ1) is 12.8. The number of anilines is 1. The van der Waals surface area contributed by atoms with Gasteiger partial charge in [-0.15, -0.1) is 0 Å².